The fourth-order valence-corrected chi connectivity index (χ4v) is 4.97. The summed E-state index contributed by atoms with van der Waals surface area (Å²) in [6.45, 7) is 5.64. The quantitative estimate of drug-likeness (QED) is 0.550. The summed E-state index contributed by atoms with van der Waals surface area (Å²) in [5.41, 5.74) is 3.28. The Hall–Kier alpha value is -2.33. The van der Waals surface area contributed by atoms with Gasteiger partial charge in [0.05, 0.1) is 0 Å². The van der Waals surface area contributed by atoms with Gasteiger partial charge in [-0.25, -0.2) is 13.1 Å². The van der Waals surface area contributed by atoms with Gasteiger partial charge in [-0.1, -0.05) is 46.7 Å². The number of sulfonamides is 1. The SMILES string of the molecule is Cc1ccc(C)c([C@@H](C)NS(=O)(=O)c2nnc(NC(=O)c3ccc(Cl)cc3)s2)c1. The summed E-state index contributed by atoms with van der Waals surface area (Å²) < 4.78 is 27.8. The molecule has 0 radical (unpaired) electrons. The standard InChI is InChI=1S/C19H19ClN4O3S2/c1-11-4-5-12(2)16(10-11)13(3)24-29(26,27)19-23-22-18(28-19)21-17(25)14-6-8-15(20)9-7-14/h4-10,13,24H,1-3H3,(H,21,22,25)/t13-/m1/s1. The Morgan fingerprint density at radius 3 is 2.48 bits per heavy atom. The van der Waals surface area contributed by atoms with Crippen molar-refractivity contribution in [3.63, 3.8) is 0 Å². The first-order valence-electron chi connectivity index (χ1n) is 8.65. The fourth-order valence-electron chi connectivity index (χ4n) is 2.71. The molecule has 1 atom stereocenters. The van der Waals surface area contributed by atoms with E-state index in [1.807, 2.05) is 32.0 Å². The molecule has 2 N–H and O–H groups in total. The van der Waals surface area contributed by atoms with Crippen LogP contribution in [0.25, 0.3) is 0 Å². The summed E-state index contributed by atoms with van der Waals surface area (Å²) in [6, 6.07) is 11.7. The molecular weight excluding hydrogens is 432 g/mol. The topological polar surface area (TPSA) is 101 Å². The lowest BCUT2D eigenvalue weighted by Crippen LogP contribution is -2.27. The molecule has 1 heterocycles. The van der Waals surface area contributed by atoms with E-state index in [9.17, 15) is 13.2 Å². The highest BCUT2D eigenvalue weighted by Crippen LogP contribution is 2.24. The Balaban J connectivity index is 1.73. The van der Waals surface area contributed by atoms with Gasteiger partial charge in [0.15, 0.2) is 0 Å². The molecule has 3 aromatic rings. The summed E-state index contributed by atoms with van der Waals surface area (Å²) in [5, 5.41) is 10.6. The lowest BCUT2D eigenvalue weighted by molar-refractivity contribution is 0.102. The van der Waals surface area contributed by atoms with Crippen LogP contribution in [0.4, 0.5) is 5.13 Å². The smallest absolute Gasteiger partial charge is 0.270 e. The van der Waals surface area contributed by atoms with Crippen molar-refractivity contribution in [2.45, 2.75) is 31.2 Å². The predicted octanol–water partition coefficient (Wildman–Crippen LogP) is 4.10. The van der Waals surface area contributed by atoms with E-state index in [4.69, 9.17) is 11.6 Å². The van der Waals surface area contributed by atoms with Gasteiger partial charge in [0.25, 0.3) is 15.9 Å². The summed E-state index contributed by atoms with van der Waals surface area (Å²) >= 11 is 6.59. The molecule has 0 saturated carbocycles. The van der Waals surface area contributed by atoms with Gasteiger partial charge in [0, 0.05) is 16.6 Å². The predicted molar refractivity (Wildman–Crippen MR) is 114 cm³/mol. The Morgan fingerprint density at radius 2 is 1.79 bits per heavy atom. The van der Waals surface area contributed by atoms with Gasteiger partial charge in [0.1, 0.15) is 0 Å². The average molecular weight is 451 g/mol. The molecule has 7 nitrogen and oxygen atoms in total. The molecule has 0 aliphatic rings. The van der Waals surface area contributed by atoms with Crippen LogP contribution in [0, 0.1) is 13.8 Å². The largest absolute Gasteiger partial charge is 0.296 e. The van der Waals surface area contributed by atoms with Crippen molar-refractivity contribution < 1.29 is 13.2 Å². The number of carbonyl (C=O) groups is 1. The molecule has 1 amide bonds. The van der Waals surface area contributed by atoms with Crippen molar-refractivity contribution in [3.8, 4) is 0 Å². The normalized spacial score (nSPS) is 12.6. The first-order chi connectivity index (χ1) is 13.7. The lowest BCUT2D eigenvalue weighted by atomic mass is 10.0. The summed E-state index contributed by atoms with van der Waals surface area (Å²) in [6.07, 6.45) is 0. The molecule has 0 fully saturated rings. The number of hydrogen-bond donors (Lipinski definition) is 2. The van der Waals surface area contributed by atoms with E-state index in [-0.39, 0.29) is 9.47 Å². The van der Waals surface area contributed by atoms with Crippen molar-refractivity contribution in [2.24, 2.45) is 0 Å². The number of aryl methyl sites for hydroxylation is 2. The third-order valence-electron chi connectivity index (χ3n) is 4.20. The molecule has 3 rings (SSSR count). The van der Waals surface area contributed by atoms with Gasteiger partial charge < -0.3 is 0 Å². The van der Waals surface area contributed by atoms with Gasteiger partial charge in [-0.15, -0.1) is 10.2 Å². The van der Waals surface area contributed by atoms with Crippen molar-refractivity contribution >= 4 is 44.0 Å². The Morgan fingerprint density at radius 1 is 1.10 bits per heavy atom. The summed E-state index contributed by atoms with van der Waals surface area (Å²) in [5.74, 6) is -0.432. The highest BCUT2D eigenvalue weighted by molar-refractivity contribution is 7.91. The number of halogens is 1. The third kappa shape index (κ3) is 5.18. The maximum absolute atomic E-state index is 12.7. The van der Waals surface area contributed by atoms with Crippen molar-refractivity contribution in [1.82, 2.24) is 14.9 Å². The van der Waals surface area contributed by atoms with Crippen molar-refractivity contribution in [3.05, 3.63) is 69.7 Å². The molecular formula is C19H19ClN4O3S2. The summed E-state index contributed by atoms with van der Waals surface area (Å²) in [7, 11) is -3.90. The molecule has 0 bridgehead atoms. The zero-order chi connectivity index (χ0) is 21.2. The maximum atomic E-state index is 12.7. The molecule has 0 spiro atoms. The second-order valence-electron chi connectivity index (χ2n) is 6.54. The first kappa shape index (κ1) is 21.4. The van der Waals surface area contributed by atoms with Crippen LogP contribution in [0.3, 0.4) is 0 Å². The number of aromatic nitrogens is 2. The zero-order valence-corrected chi connectivity index (χ0v) is 18.3. The summed E-state index contributed by atoms with van der Waals surface area (Å²) in [4.78, 5) is 12.2. The van der Waals surface area contributed by atoms with Gasteiger partial charge in [0.2, 0.25) is 9.47 Å². The Kier molecular flexibility index (Phi) is 6.33. The third-order valence-corrected chi connectivity index (χ3v) is 7.20. The minimum atomic E-state index is -3.90. The Labute approximate surface area is 178 Å². The number of hydrogen-bond acceptors (Lipinski definition) is 6. The second-order valence-corrected chi connectivity index (χ2v) is 9.84. The molecule has 152 valence electrons. The number of benzene rings is 2. The van der Waals surface area contributed by atoms with Crippen LogP contribution < -0.4 is 10.0 Å². The van der Waals surface area contributed by atoms with Crippen LogP contribution in [0.5, 0.6) is 0 Å². The van der Waals surface area contributed by atoms with Gasteiger partial charge in [-0.2, -0.15) is 0 Å². The molecule has 0 saturated heterocycles. The van der Waals surface area contributed by atoms with Crippen LogP contribution >= 0.6 is 22.9 Å². The number of rotatable bonds is 6. The lowest BCUT2D eigenvalue weighted by Gasteiger charge is -2.16. The van der Waals surface area contributed by atoms with Crippen LogP contribution in [0.1, 0.15) is 40.0 Å². The number of amides is 1. The fraction of sp³-hybridized carbons (Fsp3) is 0.211. The van der Waals surface area contributed by atoms with E-state index < -0.39 is 22.0 Å². The van der Waals surface area contributed by atoms with E-state index in [1.54, 1.807) is 31.2 Å². The number of nitrogens with zero attached hydrogens (tertiary/aromatic N) is 2. The van der Waals surface area contributed by atoms with Crippen LogP contribution in [-0.4, -0.2) is 24.5 Å². The van der Waals surface area contributed by atoms with Crippen molar-refractivity contribution in [2.75, 3.05) is 5.32 Å². The highest BCUT2D eigenvalue weighted by Gasteiger charge is 2.24. The van der Waals surface area contributed by atoms with E-state index in [1.165, 1.54) is 0 Å². The highest BCUT2D eigenvalue weighted by atomic mass is 35.5. The Bertz CT molecular complexity index is 1140. The van der Waals surface area contributed by atoms with Crippen LogP contribution in [0.15, 0.2) is 46.8 Å². The maximum Gasteiger partial charge on any atom is 0.270 e. The second kappa shape index (κ2) is 8.58. The average Bonchev–Trinajstić information content (AvgIpc) is 3.13. The number of nitrogens with one attached hydrogen (secondary N) is 2. The van der Waals surface area contributed by atoms with Crippen LogP contribution in [-0.2, 0) is 10.0 Å². The number of anilines is 1. The van der Waals surface area contributed by atoms with Gasteiger partial charge in [-0.05, 0) is 56.2 Å². The van der Waals surface area contributed by atoms with E-state index >= 15 is 0 Å². The van der Waals surface area contributed by atoms with Crippen LogP contribution in [0.2, 0.25) is 5.02 Å². The molecule has 0 aliphatic heterocycles. The zero-order valence-electron chi connectivity index (χ0n) is 15.9. The molecule has 2 aromatic carbocycles. The van der Waals surface area contributed by atoms with E-state index in [0.29, 0.717) is 10.6 Å². The molecule has 29 heavy (non-hydrogen) atoms. The molecule has 0 unspecified atom stereocenters. The van der Waals surface area contributed by atoms with E-state index in [2.05, 4.69) is 20.2 Å². The van der Waals surface area contributed by atoms with E-state index in [0.717, 1.165) is 28.0 Å². The molecule has 1 aromatic heterocycles. The van der Waals surface area contributed by atoms with Gasteiger partial charge >= 0.3 is 0 Å². The van der Waals surface area contributed by atoms with Crippen molar-refractivity contribution in [1.29, 1.82) is 0 Å². The minimum Gasteiger partial charge on any atom is -0.296 e. The first-order valence-corrected chi connectivity index (χ1v) is 11.3. The van der Waals surface area contributed by atoms with Gasteiger partial charge in [-0.3, -0.25) is 10.1 Å². The molecule has 0 aliphatic carbocycles. The number of carbonyl (C=O) groups excluding carboxylic acids is 1. The monoisotopic (exact) mass is 450 g/mol. The molecule has 10 heteroatoms. The minimum absolute atomic E-state index is 0.0877.